The lowest BCUT2D eigenvalue weighted by atomic mass is 10.1. The van der Waals surface area contributed by atoms with Gasteiger partial charge in [-0.15, -0.1) is 24.0 Å². The Morgan fingerprint density at radius 1 is 1.10 bits per heavy atom. The third kappa shape index (κ3) is 7.06. The number of nitrogens with zero attached hydrogens (tertiary/aromatic N) is 3. The maximum atomic E-state index is 11.7. The van der Waals surface area contributed by atoms with E-state index in [1.807, 2.05) is 66.5 Å². The Balaban J connectivity index is 0.00000341. The molecule has 0 spiro atoms. The van der Waals surface area contributed by atoms with Gasteiger partial charge >= 0.3 is 0 Å². The summed E-state index contributed by atoms with van der Waals surface area (Å²) in [6.45, 7) is 3.07. The van der Waals surface area contributed by atoms with Crippen molar-refractivity contribution >= 4 is 39.8 Å². The van der Waals surface area contributed by atoms with Gasteiger partial charge in [-0.25, -0.2) is 13.1 Å². The fraction of sp³-hybridized carbons (Fsp3) is 0.273. The van der Waals surface area contributed by atoms with E-state index in [1.165, 1.54) is 6.26 Å². The molecule has 0 fully saturated rings. The van der Waals surface area contributed by atoms with Crippen LogP contribution in [0.3, 0.4) is 0 Å². The molecule has 166 valence electrons. The highest BCUT2D eigenvalue weighted by atomic mass is 127. The predicted octanol–water partition coefficient (Wildman–Crippen LogP) is 3.11. The van der Waals surface area contributed by atoms with Crippen LogP contribution < -0.4 is 10.6 Å². The van der Waals surface area contributed by atoms with Crippen molar-refractivity contribution in [2.45, 2.75) is 24.8 Å². The van der Waals surface area contributed by atoms with Gasteiger partial charge in [0.05, 0.1) is 16.8 Å². The minimum absolute atomic E-state index is 0. The summed E-state index contributed by atoms with van der Waals surface area (Å²) in [6.07, 6.45) is 5.94. The van der Waals surface area contributed by atoms with Crippen LogP contribution in [0, 0.1) is 6.92 Å². The van der Waals surface area contributed by atoms with Crippen molar-refractivity contribution in [2.24, 2.45) is 4.99 Å². The summed E-state index contributed by atoms with van der Waals surface area (Å²) in [5.74, 6) is 0.690. The molecule has 0 atom stereocenters. The standard InChI is InChI=1S/C22H27N5O2S.HI/c1-17-13-18(9-10-21(17)30(3,28)29)14-25-22(23-2)24-12-11-19-15-26-27(16-19)20-7-5-4-6-8-20;/h4-10,13,15-16H,11-12,14H2,1-3H3,(H2,23,24,25);1H. The van der Waals surface area contributed by atoms with E-state index in [9.17, 15) is 8.42 Å². The summed E-state index contributed by atoms with van der Waals surface area (Å²) < 4.78 is 25.4. The number of aryl methyl sites for hydroxylation is 1. The van der Waals surface area contributed by atoms with E-state index in [2.05, 4.69) is 20.7 Å². The molecule has 31 heavy (non-hydrogen) atoms. The quantitative estimate of drug-likeness (QED) is 0.267. The molecule has 0 aliphatic carbocycles. The van der Waals surface area contributed by atoms with Crippen molar-refractivity contribution in [3.05, 3.63) is 77.6 Å². The minimum Gasteiger partial charge on any atom is -0.356 e. The molecule has 0 aliphatic heterocycles. The van der Waals surface area contributed by atoms with Gasteiger partial charge in [0.25, 0.3) is 0 Å². The van der Waals surface area contributed by atoms with Gasteiger partial charge in [-0.3, -0.25) is 4.99 Å². The van der Waals surface area contributed by atoms with Crippen molar-refractivity contribution < 1.29 is 8.42 Å². The highest BCUT2D eigenvalue weighted by Crippen LogP contribution is 2.16. The number of hydrogen-bond acceptors (Lipinski definition) is 4. The number of guanidine groups is 1. The molecule has 3 rings (SSSR count). The molecule has 2 N–H and O–H groups in total. The topological polar surface area (TPSA) is 88.4 Å². The molecule has 1 aromatic heterocycles. The van der Waals surface area contributed by atoms with Crippen LogP contribution in [0.4, 0.5) is 0 Å². The summed E-state index contributed by atoms with van der Waals surface area (Å²) in [5, 5.41) is 11.0. The first-order valence-corrected chi connectivity index (χ1v) is 11.6. The van der Waals surface area contributed by atoms with E-state index in [1.54, 1.807) is 13.1 Å². The maximum absolute atomic E-state index is 11.7. The van der Waals surface area contributed by atoms with Gasteiger partial charge in [0, 0.05) is 32.6 Å². The first kappa shape index (κ1) is 24.9. The Hall–Kier alpha value is -2.40. The first-order valence-electron chi connectivity index (χ1n) is 9.70. The lowest BCUT2D eigenvalue weighted by molar-refractivity contribution is 0.601. The fourth-order valence-electron chi connectivity index (χ4n) is 3.18. The number of aliphatic imine (C=N–C) groups is 1. The number of sulfone groups is 1. The van der Waals surface area contributed by atoms with Gasteiger partial charge in [-0.05, 0) is 48.2 Å². The van der Waals surface area contributed by atoms with Crippen LogP contribution in [-0.4, -0.2) is 44.0 Å². The zero-order valence-corrected chi connectivity index (χ0v) is 21.0. The summed E-state index contributed by atoms with van der Waals surface area (Å²) in [4.78, 5) is 4.61. The highest BCUT2D eigenvalue weighted by Gasteiger charge is 2.11. The third-order valence-corrected chi connectivity index (χ3v) is 5.94. The Kier molecular flexibility index (Phi) is 9.05. The number of hydrogen-bond donors (Lipinski definition) is 2. The van der Waals surface area contributed by atoms with Gasteiger partial charge in [0.2, 0.25) is 0 Å². The van der Waals surface area contributed by atoms with E-state index < -0.39 is 9.84 Å². The van der Waals surface area contributed by atoms with Crippen molar-refractivity contribution in [3.8, 4) is 5.69 Å². The van der Waals surface area contributed by atoms with Gasteiger partial charge in [-0.1, -0.05) is 30.3 Å². The number of aromatic nitrogens is 2. The molecule has 0 amide bonds. The maximum Gasteiger partial charge on any atom is 0.191 e. The van der Waals surface area contributed by atoms with Crippen LogP contribution in [0.5, 0.6) is 0 Å². The molecule has 2 aromatic carbocycles. The monoisotopic (exact) mass is 553 g/mol. The molecular weight excluding hydrogens is 525 g/mol. The first-order chi connectivity index (χ1) is 14.4. The Morgan fingerprint density at radius 2 is 1.84 bits per heavy atom. The predicted molar refractivity (Wildman–Crippen MR) is 135 cm³/mol. The zero-order valence-electron chi connectivity index (χ0n) is 17.9. The second-order valence-electron chi connectivity index (χ2n) is 7.10. The van der Waals surface area contributed by atoms with E-state index in [-0.39, 0.29) is 24.0 Å². The van der Waals surface area contributed by atoms with Crippen molar-refractivity contribution in [1.82, 2.24) is 20.4 Å². The zero-order chi connectivity index (χ0) is 21.6. The van der Waals surface area contributed by atoms with Crippen molar-refractivity contribution in [2.75, 3.05) is 19.8 Å². The molecule has 3 aromatic rings. The van der Waals surface area contributed by atoms with Crippen LogP contribution in [0.1, 0.15) is 16.7 Å². The van der Waals surface area contributed by atoms with E-state index in [4.69, 9.17) is 0 Å². The Labute approximate surface area is 200 Å². The fourth-order valence-corrected chi connectivity index (χ4v) is 4.14. The van der Waals surface area contributed by atoms with Crippen molar-refractivity contribution in [3.63, 3.8) is 0 Å². The second kappa shape index (κ2) is 11.3. The molecule has 9 heteroatoms. The van der Waals surface area contributed by atoms with Gasteiger partial charge < -0.3 is 10.6 Å². The summed E-state index contributed by atoms with van der Waals surface area (Å²) >= 11 is 0. The molecule has 0 aliphatic rings. The lowest BCUT2D eigenvalue weighted by Gasteiger charge is -2.12. The largest absolute Gasteiger partial charge is 0.356 e. The molecule has 0 radical (unpaired) electrons. The number of benzene rings is 2. The van der Waals surface area contributed by atoms with E-state index in [0.29, 0.717) is 23.9 Å². The minimum atomic E-state index is -3.20. The van der Waals surface area contributed by atoms with Gasteiger partial charge in [0.15, 0.2) is 15.8 Å². The average molecular weight is 553 g/mol. The van der Waals surface area contributed by atoms with Crippen LogP contribution >= 0.6 is 24.0 Å². The molecule has 0 unspecified atom stereocenters. The van der Waals surface area contributed by atoms with Crippen LogP contribution in [0.25, 0.3) is 5.69 Å². The number of para-hydroxylation sites is 1. The second-order valence-corrected chi connectivity index (χ2v) is 9.09. The van der Waals surface area contributed by atoms with Crippen LogP contribution in [0.15, 0.2) is 70.8 Å². The molecule has 0 bridgehead atoms. The lowest BCUT2D eigenvalue weighted by Crippen LogP contribution is -2.37. The number of nitrogens with one attached hydrogen (secondary N) is 2. The average Bonchev–Trinajstić information content (AvgIpc) is 3.19. The number of halogens is 1. The van der Waals surface area contributed by atoms with Gasteiger partial charge in [-0.2, -0.15) is 5.10 Å². The Bertz CT molecular complexity index is 1130. The Morgan fingerprint density at radius 3 is 2.48 bits per heavy atom. The van der Waals surface area contributed by atoms with E-state index in [0.717, 1.165) is 28.8 Å². The normalized spacial score (nSPS) is 11.6. The molecule has 0 saturated carbocycles. The molecule has 1 heterocycles. The molecule has 7 nitrogen and oxygen atoms in total. The summed E-state index contributed by atoms with van der Waals surface area (Å²) in [7, 11) is -1.48. The van der Waals surface area contributed by atoms with E-state index >= 15 is 0 Å². The summed E-state index contributed by atoms with van der Waals surface area (Å²) in [6, 6.07) is 15.4. The smallest absolute Gasteiger partial charge is 0.191 e. The van der Waals surface area contributed by atoms with Crippen molar-refractivity contribution in [1.29, 1.82) is 0 Å². The number of rotatable bonds is 7. The molecular formula is C22H28IN5O2S. The third-order valence-electron chi connectivity index (χ3n) is 4.69. The summed E-state index contributed by atoms with van der Waals surface area (Å²) in [5.41, 5.74) is 3.90. The highest BCUT2D eigenvalue weighted by molar-refractivity contribution is 14.0. The van der Waals surface area contributed by atoms with Crippen LogP contribution in [-0.2, 0) is 22.8 Å². The SMILES string of the molecule is CN=C(NCCc1cnn(-c2ccccc2)c1)NCc1ccc(S(C)(=O)=O)c(C)c1.I. The van der Waals surface area contributed by atoms with Crippen LogP contribution in [0.2, 0.25) is 0 Å². The molecule has 0 saturated heterocycles. The van der Waals surface area contributed by atoms with Gasteiger partial charge in [0.1, 0.15) is 0 Å².